The molecule has 0 aromatic rings. The predicted molar refractivity (Wildman–Crippen MR) is 124 cm³/mol. The van der Waals surface area contributed by atoms with Gasteiger partial charge >= 0.3 is 11.9 Å². The van der Waals surface area contributed by atoms with Crippen LogP contribution in [0.3, 0.4) is 0 Å². The Morgan fingerprint density at radius 3 is 1.97 bits per heavy atom. The monoisotopic (exact) mass is 436 g/mol. The van der Waals surface area contributed by atoms with Crippen molar-refractivity contribution in [3.8, 4) is 0 Å². The summed E-state index contributed by atoms with van der Waals surface area (Å²) in [5, 5.41) is 9.94. The first-order chi connectivity index (χ1) is 14.5. The molecule has 0 amide bonds. The summed E-state index contributed by atoms with van der Waals surface area (Å²) >= 11 is 0. The second-order valence-electron chi connectivity index (χ2n) is 9.84. The highest BCUT2D eigenvalue weighted by Crippen LogP contribution is 2.35. The standard InChI is InChI=1S/C26H44O5/c1-7-8-9-10-21-11-13-22(14-12-21)15-16-23(17-30-24(27)19(2)3)18-31-25(28)20(4)26(5,6)29/h21-23,29H,2,4,7-18H2,1,3,5-6H3. The van der Waals surface area contributed by atoms with Crippen LogP contribution in [0, 0.1) is 17.8 Å². The van der Waals surface area contributed by atoms with E-state index in [-0.39, 0.29) is 24.7 Å². The number of rotatable bonds is 14. The van der Waals surface area contributed by atoms with Crippen molar-refractivity contribution in [1.82, 2.24) is 0 Å². The molecule has 5 heteroatoms. The smallest absolute Gasteiger partial charge is 0.336 e. The minimum Gasteiger partial charge on any atom is -0.462 e. The molecule has 0 spiro atoms. The molecule has 1 atom stereocenters. The lowest BCUT2D eigenvalue weighted by molar-refractivity contribution is -0.145. The van der Waals surface area contributed by atoms with Crippen LogP contribution < -0.4 is 0 Å². The number of esters is 2. The molecule has 1 rings (SSSR count). The summed E-state index contributed by atoms with van der Waals surface area (Å²) in [5.74, 6) is 0.443. The first kappa shape index (κ1) is 27.4. The van der Waals surface area contributed by atoms with E-state index in [0.29, 0.717) is 11.5 Å². The lowest BCUT2D eigenvalue weighted by Crippen LogP contribution is -2.30. The molecular formula is C26H44O5. The highest BCUT2D eigenvalue weighted by atomic mass is 16.5. The number of hydrogen-bond donors (Lipinski definition) is 1. The van der Waals surface area contributed by atoms with Gasteiger partial charge in [-0.15, -0.1) is 0 Å². The van der Waals surface area contributed by atoms with Crippen molar-refractivity contribution in [3.63, 3.8) is 0 Å². The van der Waals surface area contributed by atoms with Crippen molar-refractivity contribution >= 4 is 11.9 Å². The normalized spacial score (nSPS) is 20.0. The van der Waals surface area contributed by atoms with Crippen molar-refractivity contribution in [2.75, 3.05) is 13.2 Å². The third-order valence-corrected chi connectivity index (χ3v) is 6.40. The SMILES string of the molecule is C=C(C)C(=O)OCC(CCC1CCC(CCCCC)CC1)COC(=O)C(=C)C(C)(C)O. The summed E-state index contributed by atoms with van der Waals surface area (Å²) in [6.07, 6.45) is 12.3. The Bertz CT molecular complexity index is 593. The van der Waals surface area contributed by atoms with Crippen LogP contribution in [0.5, 0.6) is 0 Å². The Balaban J connectivity index is 2.51. The molecule has 0 aliphatic heterocycles. The molecule has 0 heterocycles. The fraction of sp³-hybridized carbons (Fsp3) is 0.769. The summed E-state index contributed by atoms with van der Waals surface area (Å²) < 4.78 is 10.7. The molecule has 0 aromatic carbocycles. The Labute approximate surface area is 189 Å². The van der Waals surface area contributed by atoms with Gasteiger partial charge in [0, 0.05) is 11.5 Å². The van der Waals surface area contributed by atoms with E-state index in [4.69, 9.17) is 9.47 Å². The van der Waals surface area contributed by atoms with Gasteiger partial charge in [-0.05, 0) is 45.4 Å². The molecule has 1 fully saturated rings. The van der Waals surface area contributed by atoms with Crippen molar-refractivity contribution in [2.45, 2.75) is 97.5 Å². The average Bonchev–Trinajstić information content (AvgIpc) is 2.72. The summed E-state index contributed by atoms with van der Waals surface area (Å²) in [7, 11) is 0. The average molecular weight is 437 g/mol. The zero-order valence-electron chi connectivity index (χ0n) is 20.2. The second kappa shape index (κ2) is 13.7. The number of carbonyl (C=O) groups is 2. The first-order valence-electron chi connectivity index (χ1n) is 12.0. The molecule has 178 valence electrons. The minimum absolute atomic E-state index is 0.0200. The maximum atomic E-state index is 12.2. The number of aliphatic hydroxyl groups is 1. The maximum Gasteiger partial charge on any atom is 0.336 e. The van der Waals surface area contributed by atoms with E-state index in [0.717, 1.165) is 18.8 Å². The van der Waals surface area contributed by atoms with Gasteiger partial charge in [0.2, 0.25) is 0 Å². The minimum atomic E-state index is -1.32. The van der Waals surface area contributed by atoms with Gasteiger partial charge in [0.05, 0.1) is 24.4 Å². The van der Waals surface area contributed by atoms with Crippen molar-refractivity contribution in [1.29, 1.82) is 0 Å². The van der Waals surface area contributed by atoms with Gasteiger partial charge in [-0.3, -0.25) is 0 Å². The predicted octanol–water partition coefficient (Wildman–Crippen LogP) is 5.76. The van der Waals surface area contributed by atoms with Gasteiger partial charge in [0.25, 0.3) is 0 Å². The maximum absolute atomic E-state index is 12.2. The largest absolute Gasteiger partial charge is 0.462 e. The van der Waals surface area contributed by atoms with Crippen LogP contribution in [-0.4, -0.2) is 35.9 Å². The highest BCUT2D eigenvalue weighted by Gasteiger charge is 2.27. The van der Waals surface area contributed by atoms with E-state index in [1.165, 1.54) is 65.2 Å². The molecule has 5 nitrogen and oxygen atoms in total. The lowest BCUT2D eigenvalue weighted by atomic mass is 9.77. The van der Waals surface area contributed by atoms with Crippen LogP contribution in [0.1, 0.15) is 91.9 Å². The van der Waals surface area contributed by atoms with Gasteiger partial charge in [-0.2, -0.15) is 0 Å². The molecule has 0 saturated heterocycles. The molecule has 1 N–H and O–H groups in total. The van der Waals surface area contributed by atoms with E-state index in [2.05, 4.69) is 20.1 Å². The van der Waals surface area contributed by atoms with Crippen LogP contribution in [0.2, 0.25) is 0 Å². The van der Waals surface area contributed by atoms with Gasteiger partial charge < -0.3 is 14.6 Å². The second-order valence-corrected chi connectivity index (χ2v) is 9.84. The summed E-state index contributed by atoms with van der Waals surface area (Å²) in [4.78, 5) is 24.0. The zero-order chi connectivity index (χ0) is 23.4. The van der Waals surface area contributed by atoms with E-state index >= 15 is 0 Å². The highest BCUT2D eigenvalue weighted by molar-refractivity contribution is 5.89. The Morgan fingerprint density at radius 2 is 1.48 bits per heavy atom. The Morgan fingerprint density at radius 1 is 0.968 bits per heavy atom. The Kier molecular flexibility index (Phi) is 12.1. The summed E-state index contributed by atoms with van der Waals surface area (Å²) in [6.45, 7) is 14.4. The summed E-state index contributed by atoms with van der Waals surface area (Å²) in [6, 6.07) is 0. The number of ether oxygens (including phenoxy) is 2. The van der Waals surface area contributed by atoms with Gasteiger partial charge in [0.15, 0.2) is 0 Å². The fourth-order valence-electron chi connectivity index (χ4n) is 4.03. The fourth-order valence-corrected chi connectivity index (χ4v) is 4.03. The molecular weight excluding hydrogens is 392 g/mol. The number of unbranched alkanes of at least 4 members (excludes halogenated alkanes) is 2. The molecule has 0 bridgehead atoms. The van der Waals surface area contributed by atoms with Crippen molar-refractivity contribution in [3.05, 3.63) is 24.3 Å². The molecule has 1 aliphatic rings. The quantitative estimate of drug-likeness (QED) is 0.213. The van der Waals surface area contributed by atoms with Crippen LogP contribution in [-0.2, 0) is 19.1 Å². The van der Waals surface area contributed by atoms with Gasteiger partial charge in [-0.1, -0.05) is 71.4 Å². The van der Waals surface area contributed by atoms with E-state index < -0.39 is 17.5 Å². The zero-order valence-corrected chi connectivity index (χ0v) is 20.2. The molecule has 1 aliphatic carbocycles. The number of hydrogen-bond acceptors (Lipinski definition) is 5. The van der Waals surface area contributed by atoms with E-state index in [1.807, 2.05) is 0 Å². The van der Waals surface area contributed by atoms with Crippen molar-refractivity contribution in [2.24, 2.45) is 17.8 Å². The Hall–Kier alpha value is -1.62. The third-order valence-electron chi connectivity index (χ3n) is 6.40. The molecule has 1 saturated carbocycles. The lowest BCUT2D eigenvalue weighted by Gasteiger charge is -2.29. The number of carbonyl (C=O) groups excluding carboxylic acids is 2. The van der Waals surface area contributed by atoms with Crippen LogP contribution in [0.4, 0.5) is 0 Å². The van der Waals surface area contributed by atoms with E-state index in [1.54, 1.807) is 6.92 Å². The van der Waals surface area contributed by atoms with E-state index in [9.17, 15) is 14.7 Å². The molecule has 0 aromatic heterocycles. The van der Waals surface area contributed by atoms with Gasteiger partial charge in [0.1, 0.15) is 0 Å². The molecule has 31 heavy (non-hydrogen) atoms. The molecule has 1 unspecified atom stereocenters. The van der Waals surface area contributed by atoms with Crippen LogP contribution >= 0.6 is 0 Å². The van der Waals surface area contributed by atoms with Crippen LogP contribution in [0.15, 0.2) is 24.3 Å². The van der Waals surface area contributed by atoms with Crippen LogP contribution in [0.25, 0.3) is 0 Å². The van der Waals surface area contributed by atoms with Crippen molar-refractivity contribution < 1.29 is 24.2 Å². The topological polar surface area (TPSA) is 72.8 Å². The summed E-state index contributed by atoms with van der Waals surface area (Å²) in [5.41, 5.74) is -0.950. The first-order valence-corrected chi connectivity index (χ1v) is 12.0. The third kappa shape index (κ3) is 11.0. The van der Waals surface area contributed by atoms with Gasteiger partial charge in [-0.25, -0.2) is 9.59 Å². The molecule has 0 radical (unpaired) electrons.